The average molecular weight is 257 g/mol. The Bertz CT molecular complexity index is 561. The molecule has 0 spiro atoms. The van der Waals surface area contributed by atoms with Crippen LogP contribution in [0.3, 0.4) is 0 Å². The third kappa shape index (κ3) is 2.38. The molecule has 1 aromatic heterocycles. The van der Waals surface area contributed by atoms with Gasteiger partial charge in [0.2, 0.25) is 0 Å². The number of ether oxygens (including phenoxy) is 1. The van der Waals surface area contributed by atoms with Gasteiger partial charge in [0.15, 0.2) is 0 Å². The quantitative estimate of drug-likeness (QED) is 0.913. The molecule has 100 valence electrons. The third-order valence-electron chi connectivity index (χ3n) is 3.77. The summed E-state index contributed by atoms with van der Waals surface area (Å²) < 4.78 is 7.84. The van der Waals surface area contributed by atoms with Gasteiger partial charge in [-0.15, -0.1) is 0 Å². The lowest BCUT2D eigenvalue weighted by molar-refractivity contribution is 0.173. The maximum absolute atomic E-state index is 9.82. The van der Waals surface area contributed by atoms with Gasteiger partial charge in [0, 0.05) is 30.4 Å². The normalized spacial score (nSPS) is 18.9. The second kappa shape index (κ2) is 5.10. The maximum Gasteiger partial charge on any atom is 0.122 e. The van der Waals surface area contributed by atoms with Crippen molar-refractivity contribution in [2.45, 2.75) is 31.9 Å². The van der Waals surface area contributed by atoms with E-state index in [-0.39, 0.29) is 6.10 Å². The van der Waals surface area contributed by atoms with Crippen molar-refractivity contribution in [1.29, 1.82) is 0 Å². The van der Waals surface area contributed by atoms with Gasteiger partial charge < -0.3 is 14.4 Å². The van der Waals surface area contributed by atoms with Crippen LogP contribution < -0.4 is 4.74 Å². The Balaban J connectivity index is 1.74. The molecule has 3 heteroatoms. The fourth-order valence-electron chi connectivity index (χ4n) is 2.64. The van der Waals surface area contributed by atoms with Gasteiger partial charge in [-0.25, -0.2) is 0 Å². The van der Waals surface area contributed by atoms with E-state index in [0.29, 0.717) is 5.92 Å². The van der Waals surface area contributed by atoms with Crippen LogP contribution in [0.1, 0.15) is 36.5 Å². The van der Waals surface area contributed by atoms with Crippen molar-refractivity contribution in [1.82, 2.24) is 4.57 Å². The molecule has 0 bridgehead atoms. The minimum Gasteiger partial charge on any atom is -0.493 e. The van der Waals surface area contributed by atoms with Crippen molar-refractivity contribution in [3.63, 3.8) is 0 Å². The molecule has 2 atom stereocenters. The van der Waals surface area contributed by atoms with Crippen molar-refractivity contribution < 1.29 is 9.84 Å². The molecule has 2 unspecified atom stereocenters. The first-order chi connectivity index (χ1) is 9.28. The summed E-state index contributed by atoms with van der Waals surface area (Å²) in [5.74, 6) is 1.41. The molecule has 1 aliphatic rings. The highest BCUT2D eigenvalue weighted by atomic mass is 16.5. The number of hydrogen-bond donors (Lipinski definition) is 1. The Morgan fingerprint density at radius 3 is 3.05 bits per heavy atom. The summed E-state index contributed by atoms with van der Waals surface area (Å²) in [6.07, 6.45) is 4.47. The fourth-order valence-corrected chi connectivity index (χ4v) is 2.64. The molecular formula is C16H19NO2. The number of fused-ring (bicyclic) bond motifs is 1. The summed E-state index contributed by atoms with van der Waals surface area (Å²) in [6, 6.07) is 10.2. The molecule has 1 aliphatic heterocycles. The molecule has 0 saturated heterocycles. The zero-order chi connectivity index (χ0) is 13.2. The molecule has 1 N–H and O–H groups in total. The number of benzene rings is 1. The summed E-state index contributed by atoms with van der Waals surface area (Å²) in [4.78, 5) is 0. The Labute approximate surface area is 113 Å². The molecular weight excluding hydrogens is 238 g/mol. The lowest BCUT2D eigenvalue weighted by atomic mass is 10.0. The summed E-state index contributed by atoms with van der Waals surface area (Å²) >= 11 is 0. The number of hydrogen-bond acceptors (Lipinski definition) is 2. The van der Waals surface area contributed by atoms with Gasteiger partial charge in [-0.1, -0.05) is 25.1 Å². The van der Waals surface area contributed by atoms with E-state index in [2.05, 4.69) is 16.7 Å². The van der Waals surface area contributed by atoms with Crippen LogP contribution in [0.15, 0.2) is 42.7 Å². The van der Waals surface area contributed by atoms with Gasteiger partial charge >= 0.3 is 0 Å². The number of rotatable bonds is 4. The first-order valence-corrected chi connectivity index (χ1v) is 6.83. The zero-order valence-corrected chi connectivity index (χ0v) is 11.1. The van der Waals surface area contributed by atoms with E-state index in [1.807, 2.05) is 37.5 Å². The highest BCUT2D eigenvalue weighted by Crippen LogP contribution is 2.34. The van der Waals surface area contributed by atoms with Crippen molar-refractivity contribution in [3.05, 3.63) is 53.9 Å². The fraction of sp³-hybridized carbons (Fsp3) is 0.375. The van der Waals surface area contributed by atoms with Crippen LogP contribution in [0.2, 0.25) is 0 Å². The van der Waals surface area contributed by atoms with Gasteiger partial charge in [0.1, 0.15) is 5.75 Å². The highest BCUT2D eigenvalue weighted by molar-refractivity contribution is 5.39. The van der Waals surface area contributed by atoms with Gasteiger partial charge in [0.05, 0.1) is 12.7 Å². The van der Waals surface area contributed by atoms with E-state index in [1.165, 1.54) is 5.56 Å². The van der Waals surface area contributed by atoms with Crippen LogP contribution in [0.4, 0.5) is 0 Å². The van der Waals surface area contributed by atoms with Crippen LogP contribution in [-0.2, 0) is 6.54 Å². The smallest absolute Gasteiger partial charge is 0.122 e. The van der Waals surface area contributed by atoms with Gasteiger partial charge in [-0.2, -0.15) is 0 Å². The van der Waals surface area contributed by atoms with Crippen LogP contribution in [0.25, 0.3) is 0 Å². The lowest BCUT2D eigenvalue weighted by Crippen LogP contribution is -2.09. The zero-order valence-electron chi connectivity index (χ0n) is 11.1. The number of nitrogens with zero attached hydrogens (tertiary/aromatic N) is 1. The predicted molar refractivity (Wildman–Crippen MR) is 74.4 cm³/mol. The van der Waals surface area contributed by atoms with Gasteiger partial charge in [-0.05, 0) is 24.1 Å². The van der Waals surface area contributed by atoms with Crippen molar-refractivity contribution in [2.24, 2.45) is 0 Å². The largest absolute Gasteiger partial charge is 0.493 e. The molecule has 19 heavy (non-hydrogen) atoms. The Morgan fingerprint density at radius 1 is 1.37 bits per heavy atom. The molecule has 2 aromatic rings. The summed E-state index contributed by atoms with van der Waals surface area (Å²) in [5, 5.41) is 9.82. The maximum atomic E-state index is 9.82. The molecule has 3 nitrogen and oxygen atoms in total. The Kier molecular flexibility index (Phi) is 3.30. The van der Waals surface area contributed by atoms with E-state index in [1.54, 1.807) is 0 Å². The molecule has 2 heterocycles. The topological polar surface area (TPSA) is 34.4 Å². The van der Waals surface area contributed by atoms with Crippen LogP contribution in [-0.4, -0.2) is 16.3 Å². The molecule has 0 fully saturated rings. The molecule has 1 aromatic carbocycles. The second-order valence-electron chi connectivity index (χ2n) is 5.11. The predicted octanol–water partition coefficient (Wildman–Crippen LogP) is 3.11. The monoisotopic (exact) mass is 257 g/mol. The first-order valence-electron chi connectivity index (χ1n) is 6.83. The van der Waals surface area contributed by atoms with E-state index in [0.717, 1.165) is 30.9 Å². The van der Waals surface area contributed by atoms with Crippen LogP contribution >= 0.6 is 0 Å². The van der Waals surface area contributed by atoms with Crippen molar-refractivity contribution in [2.75, 3.05) is 6.61 Å². The molecule has 0 saturated carbocycles. The number of aromatic nitrogens is 1. The number of para-hydroxylation sites is 1. The van der Waals surface area contributed by atoms with Crippen molar-refractivity contribution >= 4 is 0 Å². The number of aliphatic hydroxyl groups is 1. The average Bonchev–Trinajstić information content (AvgIpc) is 3.06. The van der Waals surface area contributed by atoms with E-state index < -0.39 is 0 Å². The van der Waals surface area contributed by atoms with Crippen molar-refractivity contribution in [3.8, 4) is 5.75 Å². The van der Waals surface area contributed by atoms with Crippen LogP contribution in [0, 0.1) is 0 Å². The SMILES string of the molecule is CCC(O)c1ccn(CC2COc3ccccc32)c1. The molecule has 3 rings (SSSR count). The summed E-state index contributed by atoms with van der Waals surface area (Å²) in [5.41, 5.74) is 2.28. The molecule has 0 amide bonds. The van der Waals surface area contributed by atoms with Gasteiger partial charge in [0.25, 0.3) is 0 Å². The Morgan fingerprint density at radius 2 is 2.21 bits per heavy atom. The molecule has 0 radical (unpaired) electrons. The van der Waals surface area contributed by atoms with E-state index >= 15 is 0 Å². The standard InChI is InChI=1S/C16H19NO2/c1-2-15(18)12-7-8-17(9-12)10-13-11-19-16-6-4-3-5-14(13)16/h3-9,13,15,18H,2,10-11H2,1H3. The van der Waals surface area contributed by atoms with E-state index in [4.69, 9.17) is 4.74 Å². The molecule has 0 aliphatic carbocycles. The minimum atomic E-state index is -0.353. The first kappa shape index (κ1) is 12.3. The Hall–Kier alpha value is -1.74. The third-order valence-corrected chi connectivity index (χ3v) is 3.77. The minimum absolute atomic E-state index is 0.353. The van der Waals surface area contributed by atoms with Gasteiger partial charge in [-0.3, -0.25) is 0 Å². The summed E-state index contributed by atoms with van der Waals surface area (Å²) in [7, 11) is 0. The second-order valence-corrected chi connectivity index (χ2v) is 5.11. The number of aliphatic hydroxyl groups excluding tert-OH is 1. The lowest BCUT2D eigenvalue weighted by Gasteiger charge is -2.10. The highest BCUT2D eigenvalue weighted by Gasteiger charge is 2.23. The summed E-state index contributed by atoms with van der Waals surface area (Å²) in [6.45, 7) is 3.62. The van der Waals surface area contributed by atoms with Crippen LogP contribution in [0.5, 0.6) is 5.75 Å². The van der Waals surface area contributed by atoms with E-state index in [9.17, 15) is 5.11 Å².